The predicted molar refractivity (Wildman–Crippen MR) is 92.8 cm³/mol. The van der Waals surface area contributed by atoms with Crippen LogP contribution in [0.3, 0.4) is 0 Å². The molecular weight excluding hydrogens is 306 g/mol. The standard InChI is InChI=1S/C19H23NO4/c1-13-17(23-3)9-8-15(19(13)24-4)12-20-18(21)11-14-6-5-7-16(10-14)22-2/h5-10H,11-12H2,1-4H3,(H,20,21). The Bertz CT molecular complexity index is 713. The first kappa shape index (κ1) is 17.7. The SMILES string of the molecule is COc1cccc(CC(=O)NCc2ccc(OC)c(C)c2OC)c1. The van der Waals surface area contributed by atoms with Gasteiger partial charge in [-0.25, -0.2) is 0 Å². The van der Waals surface area contributed by atoms with Gasteiger partial charge in [0.15, 0.2) is 0 Å². The second-order valence-corrected chi connectivity index (χ2v) is 5.39. The zero-order valence-corrected chi connectivity index (χ0v) is 14.5. The number of benzene rings is 2. The van der Waals surface area contributed by atoms with Gasteiger partial charge < -0.3 is 19.5 Å². The fraction of sp³-hybridized carbons (Fsp3) is 0.316. The van der Waals surface area contributed by atoms with Gasteiger partial charge in [0.25, 0.3) is 0 Å². The van der Waals surface area contributed by atoms with E-state index >= 15 is 0 Å². The normalized spacial score (nSPS) is 10.2. The van der Waals surface area contributed by atoms with Gasteiger partial charge in [0.05, 0.1) is 27.8 Å². The lowest BCUT2D eigenvalue weighted by Crippen LogP contribution is -2.24. The summed E-state index contributed by atoms with van der Waals surface area (Å²) in [5.41, 5.74) is 2.74. The summed E-state index contributed by atoms with van der Waals surface area (Å²) >= 11 is 0. The summed E-state index contributed by atoms with van der Waals surface area (Å²) in [6.07, 6.45) is 0.300. The van der Waals surface area contributed by atoms with Crippen molar-refractivity contribution in [3.63, 3.8) is 0 Å². The van der Waals surface area contributed by atoms with Gasteiger partial charge >= 0.3 is 0 Å². The number of ether oxygens (including phenoxy) is 3. The molecule has 0 aliphatic carbocycles. The fourth-order valence-corrected chi connectivity index (χ4v) is 2.60. The van der Waals surface area contributed by atoms with Crippen molar-refractivity contribution in [3.05, 3.63) is 53.1 Å². The van der Waals surface area contributed by atoms with E-state index in [0.29, 0.717) is 13.0 Å². The Morgan fingerprint density at radius 1 is 1.04 bits per heavy atom. The van der Waals surface area contributed by atoms with Crippen LogP contribution in [0.1, 0.15) is 16.7 Å². The summed E-state index contributed by atoms with van der Waals surface area (Å²) in [5, 5.41) is 2.92. The van der Waals surface area contributed by atoms with Crippen LogP contribution < -0.4 is 19.5 Å². The highest BCUT2D eigenvalue weighted by atomic mass is 16.5. The molecule has 5 heteroatoms. The molecule has 0 saturated heterocycles. The van der Waals surface area contributed by atoms with E-state index in [0.717, 1.165) is 33.9 Å². The van der Waals surface area contributed by atoms with E-state index in [9.17, 15) is 4.79 Å². The van der Waals surface area contributed by atoms with Gasteiger partial charge in [0.2, 0.25) is 5.91 Å². The van der Waals surface area contributed by atoms with E-state index < -0.39 is 0 Å². The van der Waals surface area contributed by atoms with E-state index in [-0.39, 0.29) is 5.91 Å². The average Bonchev–Trinajstić information content (AvgIpc) is 2.60. The van der Waals surface area contributed by atoms with Gasteiger partial charge in [-0.1, -0.05) is 12.1 Å². The topological polar surface area (TPSA) is 56.8 Å². The Hall–Kier alpha value is -2.69. The number of amides is 1. The maximum Gasteiger partial charge on any atom is 0.224 e. The Morgan fingerprint density at radius 2 is 1.83 bits per heavy atom. The maximum atomic E-state index is 12.2. The first-order valence-electron chi connectivity index (χ1n) is 7.69. The van der Waals surface area contributed by atoms with Crippen molar-refractivity contribution in [3.8, 4) is 17.2 Å². The van der Waals surface area contributed by atoms with Crippen LogP contribution >= 0.6 is 0 Å². The predicted octanol–water partition coefficient (Wildman–Crippen LogP) is 2.88. The molecule has 0 aliphatic heterocycles. The van der Waals surface area contributed by atoms with Gasteiger partial charge in [-0.3, -0.25) is 4.79 Å². The van der Waals surface area contributed by atoms with Gasteiger partial charge in [-0.05, 0) is 36.8 Å². The lowest BCUT2D eigenvalue weighted by molar-refractivity contribution is -0.120. The number of hydrogen-bond acceptors (Lipinski definition) is 4. The summed E-state index contributed by atoms with van der Waals surface area (Å²) < 4.78 is 15.9. The Kier molecular flexibility index (Phi) is 6.07. The van der Waals surface area contributed by atoms with E-state index in [1.807, 2.05) is 43.3 Å². The highest BCUT2D eigenvalue weighted by Crippen LogP contribution is 2.31. The first-order chi connectivity index (χ1) is 11.6. The molecular formula is C19H23NO4. The summed E-state index contributed by atoms with van der Waals surface area (Å²) in [6, 6.07) is 11.3. The molecule has 2 rings (SSSR count). The largest absolute Gasteiger partial charge is 0.497 e. The third-order valence-corrected chi connectivity index (χ3v) is 3.84. The van der Waals surface area contributed by atoms with Crippen LogP contribution in [0.15, 0.2) is 36.4 Å². The Balaban J connectivity index is 2.02. The van der Waals surface area contributed by atoms with Crippen molar-refractivity contribution in [2.24, 2.45) is 0 Å². The average molecular weight is 329 g/mol. The number of carbonyl (C=O) groups is 1. The quantitative estimate of drug-likeness (QED) is 0.848. The second-order valence-electron chi connectivity index (χ2n) is 5.39. The second kappa shape index (κ2) is 8.24. The number of hydrogen-bond donors (Lipinski definition) is 1. The number of rotatable bonds is 7. The van der Waals surface area contributed by atoms with Crippen LogP contribution in [0.5, 0.6) is 17.2 Å². The van der Waals surface area contributed by atoms with Crippen molar-refractivity contribution < 1.29 is 19.0 Å². The summed E-state index contributed by atoms with van der Waals surface area (Å²) in [6.45, 7) is 2.33. The molecule has 0 fully saturated rings. The van der Waals surface area contributed by atoms with Crippen LogP contribution in [0, 0.1) is 6.92 Å². The monoisotopic (exact) mass is 329 g/mol. The van der Waals surface area contributed by atoms with Gasteiger partial charge in [-0.15, -0.1) is 0 Å². The fourth-order valence-electron chi connectivity index (χ4n) is 2.60. The number of methoxy groups -OCH3 is 3. The minimum absolute atomic E-state index is 0.0567. The molecule has 0 unspecified atom stereocenters. The van der Waals surface area contributed by atoms with Crippen molar-refractivity contribution in [2.45, 2.75) is 19.9 Å². The maximum absolute atomic E-state index is 12.2. The van der Waals surface area contributed by atoms with Crippen molar-refractivity contribution in [1.29, 1.82) is 0 Å². The Morgan fingerprint density at radius 3 is 2.50 bits per heavy atom. The van der Waals surface area contributed by atoms with Crippen LogP contribution in [0.2, 0.25) is 0 Å². The molecule has 24 heavy (non-hydrogen) atoms. The van der Waals surface area contributed by atoms with Gasteiger partial charge in [-0.2, -0.15) is 0 Å². The van der Waals surface area contributed by atoms with Crippen molar-refractivity contribution >= 4 is 5.91 Å². The molecule has 1 amide bonds. The van der Waals surface area contributed by atoms with Crippen molar-refractivity contribution in [2.75, 3.05) is 21.3 Å². The zero-order chi connectivity index (χ0) is 17.5. The Labute approximate surface area is 142 Å². The van der Waals surface area contributed by atoms with Crippen molar-refractivity contribution in [1.82, 2.24) is 5.32 Å². The van der Waals surface area contributed by atoms with E-state index in [1.54, 1.807) is 21.3 Å². The molecule has 5 nitrogen and oxygen atoms in total. The van der Waals surface area contributed by atoms with E-state index in [2.05, 4.69) is 5.32 Å². The summed E-state index contributed by atoms with van der Waals surface area (Å²) in [5.74, 6) is 2.18. The first-order valence-corrected chi connectivity index (χ1v) is 7.69. The molecule has 2 aromatic rings. The van der Waals surface area contributed by atoms with Crippen LogP contribution in [-0.4, -0.2) is 27.2 Å². The molecule has 0 heterocycles. The van der Waals surface area contributed by atoms with Crippen LogP contribution in [-0.2, 0) is 17.8 Å². The minimum atomic E-state index is -0.0567. The number of nitrogens with one attached hydrogen (secondary N) is 1. The highest BCUT2D eigenvalue weighted by Gasteiger charge is 2.12. The molecule has 0 atom stereocenters. The zero-order valence-electron chi connectivity index (χ0n) is 14.5. The number of carbonyl (C=O) groups excluding carboxylic acids is 1. The molecule has 0 saturated carbocycles. The van der Waals surface area contributed by atoms with Crippen LogP contribution in [0.4, 0.5) is 0 Å². The summed E-state index contributed by atoms with van der Waals surface area (Å²) in [4.78, 5) is 12.2. The lowest BCUT2D eigenvalue weighted by atomic mass is 10.1. The molecule has 128 valence electrons. The highest BCUT2D eigenvalue weighted by molar-refractivity contribution is 5.78. The summed E-state index contributed by atoms with van der Waals surface area (Å²) in [7, 11) is 4.85. The molecule has 2 aromatic carbocycles. The molecule has 0 radical (unpaired) electrons. The molecule has 0 bridgehead atoms. The van der Waals surface area contributed by atoms with E-state index in [1.165, 1.54) is 0 Å². The smallest absolute Gasteiger partial charge is 0.224 e. The van der Waals surface area contributed by atoms with E-state index in [4.69, 9.17) is 14.2 Å². The van der Waals surface area contributed by atoms with Gasteiger partial charge in [0, 0.05) is 17.7 Å². The molecule has 0 spiro atoms. The third kappa shape index (κ3) is 4.19. The minimum Gasteiger partial charge on any atom is -0.497 e. The third-order valence-electron chi connectivity index (χ3n) is 3.84. The molecule has 1 N–H and O–H groups in total. The molecule has 0 aromatic heterocycles. The molecule has 0 aliphatic rings. The van der Waals surface area contributed by atoms with Crippen LogP contribution in [0.25, 0.3) is 0 Å². The lowest BCUT2D eigenvalue weighted by Gasteiger charge is -2.15. The van der Waals surface area contributed by atoms with Gasteiger partial charge in [0.1, 0.15) is 17.2 Å².